The summed E-state index contributed by atoms with van der Waals surface area (Å²) in [6.45, 7) is 5.14. The molecule has 292 valence electrons. The van der Waals surface area contributed by atoms with Gasteiger partial charge in [0.05, 0.1) is 4.90 Å². The van der Waals surface area contributed by atoms with Gasteiger partial charge in [-0.25, -0.2) is 13.1 Å². The lowest BCUT2D eigenvalue weighted by atomic mass is 9.98. The summed E-state index contributed by atoms with van der Waals surface area (Å²) in [4.78, 5) is 35.5. The van der Waals surface area contributed by atoms with Crippen LogP contribution in [0.2, 0.25) is 0 Å². The number of piperazine rings is 1. The van der Waals surface area contributed by atoms with Gasteiger partial charge in [0.25, 0.3) is 21.8 Å². The molecule has 2 amide bonds. The van der Waals surface area contributed by atoms with Gasteiger partial charge in [0.15, 0.2) is 0 Å². The Kier molecular flexibility index (Phi) is 13.8. The van der Waals surface area contributed by atoms with E-state index in [0.717, 1.165) is 46.8 Å². The lowest BCUT2D eigenvalue weighted by molar-refractivity contribution is 0.0747. The Balaban J connectivity index is 1.04. The molecule has 1 fully saturated rings. The van der Waals surface area contributed by atoms with Gasteiger partial charge < -0.3 is 20.0 Å². The van der Waals surface area contributed by atoms with Gasteiger partial charge in [-0.2, -0.15) is 0 Å². The number of nitrogens with one attached hydrogen (secondary N) is 2. The number of amides is 2. The van der Waals surface area contributed by atoms with Crippen LogP contribution < -0.4 is 14.9 Å². The van der Waals surface area contributed by atoms with Crippen LogP contribution in [0.1, 0.15) is 32.7 Å². The van der Waals surface area contributed by atoms with Crippen molar-refractivity contribution in [2.75, 3.05) is 69.0 Å². The molecule has 0 aliphatic carbocycles. The summed E-state index contributed by atoms with van der Waals surface area (Å²) in [6.07, 6.45) is 2.96. The summed E-state index contributed by atoms with van der Waals surface area (Å²) < 4.78 is 29.0. The van der Waals surface area contributed by atoms with Crippen LogP contribution in [-0.4, -0.2) is 94.9 Å². The summed E-state index contributed by atoms with van der Waals surface area (Å²) in [5.74, 6) is 0.159. The second-order valence-electron chi connectivity index (χ2n) is 14.1. The number of thioether (sulfide) groups is 2. The second-order valence-corrected chi connectivity index (χ2v) is 17.7. The predicted octanol–water partition coefficient (Wildman–Crippen LogP) is 7.99. The number of sulfonamides is 1. The Bertz CT molecular complexity index is 2210. The van der Waals surface area contributed by atoms with Crippen LogP contribution in [0.3, 0.4) is 0 Å². The molecule has 1 saturated heterocycles. The molecule has 1 aliphatic rings. The van der Waals surface area contributed by atoms with E-state index in [0.29, 0.717) is 31.7 Å². The molecule has 2 N–H and O–H groups in total. The highest BCUT2D eigenvalue weighted by Crippen LogP contribution is 2.29. The molecule has 0 spiro atoms. The first-order chi connectivity index (χ1) is 27.0. The Labute approximate surface area is 339 Å². The van der Waals surface area contributed by atoms with Crippen molar-refractivity contribution >= 4 is 56.7 Å². The minimum absolute atomic E-state index is 0.00524. The smallest absolute Gasteiger partial charge is 0.264 e. The molecule has 1 aliphatic heterocycles. The van der Waals surface area contributed by atoms with Crippen molar-refractivity contribution in [2.24, 2.45) is 0 Å². The first kappa shape index (κ1) is 40.9. The van der Waals surface area contributed by atoms with Crippen molar-refractivity contribution in [1.29, 1.82) is 0 Å². The molecule has 1 atom stereocenters. The Morgan fingerprint density at radius 2 is 1.48 bits per heavy atom. The van der Waals surface area contributed by atoms with E-state index in [1.54, 1.807) is 47.8 Å². The maximum atomic E-state index is 13.7. The Morgan fingerprint density at radius 1 is 0.804 bits per heavy atom. The number of carbonyl (C=O) groups is 2. The molecule has 0 saturated carbocycles. The SMILES string of the molecule is CSc1ccc(-c2ccccc2C(=O)N2CCN(c3ccc(C(=O)NS(=O)(=O)c4ccc(N[C@H](CCN(C)C)CSc5ccccc5)c(C)c4)cc3)CC2)cc1. The molecule has 12 heteroatoms. The zero-order valence-corrected chi connectivity index (χ0v) is 34.7. The average molecular weight is 808 g/mol. The molecule has 1 heterocycles. The van der Waals surface area contributed by atoms with E-state index in [-0.39, 0.29) is 22.4 Å². The molecule has 0 bridgehead atoms. The van der Waals surface area contributed by atoms with E-state index in [2.05, 4.69) is 70.3 Å². The number of benzene rings is 5. The van der Waals surface area contributed by atoms with E-state index in [4.69, 9.17) is 0 Å². The van der Waals surface area contributed by atoms with Gasteiger partial charge in [-0.15, -0.1) is 23.5 Å². The number of carbonyl (C=O) groups excluding carboxylic acids is 2. The Morgan fingerprint density at radius 3 is 2.14 bits per heavy atom. The van der Waals surface area contributed by atoms with Gasteiger partial charge in [-0.05, 0) is 130 Å². The molecule has 56 heavy (non-hydrogen) atoms. The largest absolute Gasteiger partial charge is 0.381 e. The van der Waals surface area contributed by atoms with Gasteiger partial charge in [-0.3, -0.25) is 9.59 Å². The first-order valence-electron chi connectivity index (χ1n) is 18.7. The van der Waals surface area contributed by atoms with E-state index >= 15 is 0 Å². The quantitative estimate of drug-likeness (QED) is 0.102. The number of hydrogen-bond acceptors (Lipinski definition) is 9. The van der Waals surface area contributed by atoms with Crippen LogP contribution >= 0.6 is 23.5 Å². The predicted molar refractivity (Wildman–Crippen MR) is 232 cm³/mol. The van der Waals surface area contributed by atoms with Crippen LogP contribution in [-0.2, 0) is 10.0 Å². The van der Waals surface area contributed by atoms with Crippen LogP contribution in [0, 0.1) is 6.92 Å². The van der Waals surface area contributed by atoms with Crippen molar-refractivity contribution in [3.05, 3.63) is 138 Å². The number of hydrogen-bond donors (Lipinski definition) is 2. The summed E-state index contributed by atoms with van der Waals surface area (Å²) in [5, 5.41) is 3.62. The highest BCUT2D eigenvalue weighted by molar-refractivity contribution is 7.99. The monoisotopic (exact) mass is 807 g/mol. The third-order valence-electron chi connectivity index (χ3n) is 9.83. The summed E-state index contributed by atoms with van der Waals surface area (Å²) in [7, 11) is -0.0188. The van der Waals surface area contributed by atoms with Crippen LogP contribution in [0.15, 0.2) is 136 Å². The fraction of sp³-hybridized carbons (Fsp3) is 0.273. The van der Waals surface area contributed by atoms with Crippen LogP contribution in [0.4, 0.5) is 11.4 Å². The number of nitrogens with zero attached hydrogens (tertiary/aromatic N) is 3. The highest BCUT2D eigenvalue weighted by atomic mass is 32.2. The van der Waals surface area contributed by atoms with Crippen molar-refractivity contribution in [3.63, 3.8) is 0 Å². The molecule has 0 aromatic heterocycles. The topological polar surface area (TPSA) is 102 Å². The molecule has 5 aromatic rings. The summed E-state index contributed by atoms with van der Waals surface area (Å²) in [6, 6.07) is 38.2. The fourth-order valence-corrected chi connectivity index (χ4v) is 9.06. The maximum Gasteiger partial charge on any atom is 0.264 e. The number of aryl methyl sites for hydroxylation is 1. The summed E-state index contributed by atoms with van der Waals surface area (Å²) >= 11 is 3.47. The zero-order valence-electron chi connectivity index (χ0n) is 32.3. The molecule has 9 nitrogen and oxygen atoms in total. The highest BCUT2D eigenvalue weighted by Gasteiger charge is 2.25. The standard InChI is InChI=1S/C44H49N5O4S3/c1-32-30-39(22-23-42(32)45-35(24-25-47(2)3)31-55-38-10-6-5-7-11-38)56(52,53)46-43(50)34-14-18-36(19-15-34)48-26-28-49(29-27-48)44(51)41-13-9-8-12-40(41)33-16-20-37(54-4)21-17-33/h5-23,30,35,45H,24-29,31H2,1-4H3,(H,46,50)/t35-/m1/s1. The van der Waals surface area contributed by atoms with Crippen molar-refractivity contribution in [1.82, 2.24) is 14.5 Å². The van der Waals surface area contributed by atoms with Gasteiger partial charge in [0.2, 0.25) is 0 Å². The third-order valence-corrected chi connectivity index (χ3v) is 13.1. The lowest BCUT2D eigenvalue weighted by Crippen LogP contribution is -2.48. The number of rotatable bonds is 15. The minimum Gasteiger partial charge on any atom is -0.381 e. The molecule has 0 radical (unpaired) electrons. The van der Waals surface area contributed by atoms with Gasteiger partial charge in [0, 0.05) is 70.3 Å². The van der Waals surface area contributed by atoms with Crippen LogP contribution in [0.25, 0.3) is 11.1 Å². The first-order valence-corrected chi connectivity index (χ1v) is 22.3. The van der Waals surface area contributed by atoms with E-state index in [1.165, 1.54) is 15.9 Å². The molecular formula is C44H49N5O4S3. The normalized spacial score (nSPS) is 13.7. The number of anilines is 2. The van der Waals surface area contributed by atoms with Gasteiger partial charge in [0.1, 0.15) is 0 Å². The van der Waals surface area contributed by atoms with E-state index in [1.807, 2.05) is 72.7 Å². The van der Waals surface area contributed by atoms with Crippen molar-refractivity contribution < 1.29 is 18.0 Å². The molecule has 6 rings (SSSR count). The van der Waals surface area contributed by atoms with Crippen molar-refractivity contribution in [2.45, 2.75) is 34.1 Å². The maximum absolute atomic E-state index is 13.7. The molecule has 5 aromatic carbocycles. The molecule has 0 unspecified atom stereocenters. The van der Waals surface area contributed by atoms with E-state index in [9.17, 15) is 18.0 Å². The van der Waals surface area contributed by atoms with Gasteiger partial charge >= 0.3 is 0 Å². The van der Waals surface area contributed by atoms with Crippen LogP contribution in [0.5, 0.6) is 0 Å². The summed E-state index contributed by atoms with van der Waals surface area (Å²) in [5.41, 5.74) is 5.38. The second kappa shape index (κ2) is 18.9. The van der Waals surface area contributed by atoms with Crippen molar-refractivity contribution in [3.8, 4) is 11.1 Å². The lowest BCUT2D eigenvalue weighted by Gasteiger charge is -2.36. The third kappa shape index (κ3) is 10.5. The fourth-order valence-electron chi connectivity index (χ4n) is 6.60. The zero-order chi connectivity index (χ0) is 39.7. The average Bonchev–Trinajstić information content (AvgIpc) is 3.22. The molecular weight excluding hydrogens is 759 g/mol. The van der Waals surface area contributed by atoms with Gasteiger partial charge in [-0.1, -0.05) is 48.5 Å². The minimum atomic E-state index is -4.12. The van der Waals surface area contributed by atoms with E-state index < -0.39 is 15.9 Å². The Hall–Kier alpha value is -4.75.